The van der Waals surface area contributed by atoms with Crippen molar-refractivity contribution in [3.8, 4) is 11.8 Å². The van der Waals surface area contributed by atoms with Gasteiger partial charge < -0.3 is 5.32 Å². The van der Waals surface area contributed by atoms with E-state index in [-0.39, 0.29) is 0 Å². The van der Waals surface area contributed by atoms with E-state index in [0.717, 1.165) is 36.2 Å². The molecule has 1 heterocycles. The van der Waals surface area contributed by atoms with Crippen molar-refractivity contribution in [1.82, 2.24) is 15.1 Å². The minimum Gasteiger partial charge on any atom is -0.310 e. The van der Waals surface area contributed by atoms with Gasteiger partial charge in [0.2, 0.25) is 0 Å². The number of nitrogens with zero attached hydrogens (tertiary/aromatic N) is 2. The van der Waals surface area contributed by atoms with E-state index < -0.39 is 0 Å². The van der Waals surface area contributed by atoms with E-state index in [0.29, 0.717) is 0 Å². The van der Waals surface area contributed by atoms with Crippen LogP contribution in [0.3, 0.4) is 0 Å². The minimum absolute atomic E-state index is 0.834. The Hall–Kier alpha value is -0.790. The first-order valence-corrected chi connectivity index (χ1v) is 6.32. The quantitative estimate of drug-likeness (QED) is 0.665. The Morgan fingerprint density at radius 3 is 2.88 bits per heavy atom. The third-order valence-corrected chi connectivity index (χ3v) is 3.38. The molecular formula is C12H18BrN3. The molecule has 1 N–H and O–H groups in total. The average molecular weight is 284 g/mol. The Labute approximate surface area is 106 Å². The van der Waals surface area contributed by atoms with Gasteiger partial charge in [-0.2, -0.15) is 5.10 Å². The van der Waals surface area contributed by atoms with Crippen LogP contribution in [0.1, 0.15) is 31.7 Å². The lowest BCUT2D eigenvalue weighted by Crippen LogP contribution is -2.17. The lowest BCUT2D eigenvalue weighted by Gasteiger charge is -2.06. The lowest BCUT2D eigenvalue weighted by atomic mass is 10.3. The predicted molar refractivity (Wildman–Crippen MR) is 70.1 cm³/mol. The van der Waals surface area contributed by atoms with Crippen LogP contribution in [0.4, 0.5) is 0 Å². The largest absolute Gasteiger partial charge is 0.310 e. The van der Waals surface area contributed by atoms with Crippen molar-refractivity contribution in [1.29, 1.82) is 0 Å². The summed E-state index contributed by atoms with van der Waals surface area (Å²) in [7, 11) is 0. The van der Waals surface area contributed by atoms with Crippen LogP contribution in [-0.2, 0) is 13.1 Å². The van der Waals surface area contributed by atoms with E-state index in [2.05, 4.69) is 45.1 Å². The molecule has 1 aromatic heterocycles. The summed E-state index contributed by atoms with van der Waals surface area (Å²) in [6.45, 7) is 8.64. The van der Waals surface area contributed by atoms with Crippen molar-refractivity contribution in [2.24, 2.45) is 0 Å². The molecule has 0 amide bonds. The van der Waals surface area contributed by atoms with Crippen LogP contribution in [0.5, 0.6) is 0 Å². The second-order valence-corrected chi connectivity index (χ2v) is 4.31. The van der Waals surface area contributed by atoms with Crippen LogP contribution >= 0.6 is 15.9 Å². The van der Waals surface area contributed by atoms with Crippen LogP contribution in [0, 0.1) is 18.8 Å². The van der Waals surface area contributed by atoms with Gasteiger partial charge in [-0.05, 0) is 36.7 Å². The Morgan fingerprint density at radius 2 is 2.25 bits per heavy atom. The molecule has 88 valence electrons. The SMILES string of the molecule is CC#CCCNCc1c(Br)c(C)nn1CC. The molecule has 0 bridgehead atoms. The molecule has 0 radical (unpaired) electrons. The van der Waals surface area contributed by atoms with Crippen molar-refractivity contribution in [2.75, 3.05) is 6.54 Å². The highest BCUT2D eigenvalue weighted by Crippen LogP contribution is 2.20. The van der Waals surface area contributed by atoms with E-state index in [4.69, 9.17) is 0 Å². The van der Waals surface area contributed by atoms with Crippen molar-refractivity contribution >= 4 is 15.9 Å². The van der Waals surface area contributed by atoms with E-state index in [1.165, 1.54) is 5.69 Å². The number of nitrogens with one attached hydrogen (secondary N) is 1. The average Bonchev–Trinajstić information content (AvgIpc) is 2.56. The first-order chi connectivity index (χ1) is 7.70. The van der Waals surface area contributed by atoms with Gasteiger partial charge in [-0.25, -0.2) is 0 Å². The molecule has 0 fully saturated rings. The number of aromatic nitrogens is 2. The fourth-order valence-corrected chi connectivity index (χ4v) is 1.94. The number of halogens is 1. The zero-order chi connectivity index (χ0) is 12.0. The maximum Gasteiger partial charge on any atom is 0.0739 e. The maximum atomic E-state index is 4.45. The molecule has 1 aromatic rings. The van der Waals surface area contributed by atoms with Gasteiger partial charge in [-0.1, -0.05) is 0 Å². The Kier molecular flexibility index (Phi) is 5.58. The van der Waals surface area contributed by atoms with E-state index in [1.54, 1.807) is 0 Å². The minimum atomic E-state index is 0.834. The van der Waals surface area contributed by atoms with Crippen LogP contribution < -0.4 is 5.32 Å². The highest BCUT2D eigenvalue weighted by Gasteiger charge is 2.10. The fraction of sp³-hybridized carbons (Fsp3) is 0.583. The summed E-state index contributed by atoms with van der Waals surface area (Å²) in [4.78, 5) is 0. The summed E-state index contributed by atoms with van der Waals surface area (Å²) < 4.78 is 3.14. The van der Waals surface area contributed by atoms with Gasteiger partial charge in [0, 0.05) is 26.1 Å². The smallest absolute Gasteiger partial charge is 0.0739 e. The Morgan fingerprint density at radius 1 is 1.50 bits per heavy atom. The number of aryl methyl sites for hydroxylation is 2. The first kappa shape index (κ1) is 13.3. The van der Waals surface area contributed by atoms with Crippen LogP contribution in [0.25, 0.3) is 0 Å². The highest BCUT2D eigenvalue weighted by atomic mass is 79.9. The monoisotopic (exact) mass is 283 g/mol. The molecule has 0 aliphatic carbocycles. The molecular weight excluding hydrogens is 266 g/mol. The van der Waals surface area contributed by atoms with Gasteiger partial charge in [0.25, 0.3) is 0 Å². The van der Waals surface area contributed by atoms with Gasteiger partial charge in [0.05, 0.1) is 15.9 Å². The van der Waals surface area contributed by atoms with Gasteiger partial charge in [0.1, 0.15) is 0 Å². The molecule has 0 atom stereocenters. The summed E-state index contributed by atoms with van der Waals surface area (Å²) in [5, 5.41) is 7.82. The topological polar surface area (TPSA) is 29.9 Å². The molecule has 0 saturated heterocycles. The van der Waals surface area contributed by atoms with E-state index in [9.17, 15) is 0 Å². The standard InChI is InChI=1S/C12H18BrN3/c1-4-6-7-8-14-9-11-12(13)10(3)15-16(11)5-2/h14H,5,7-9H2,1-3H3. The summed E-state index contributed by atoms with van der Waals surface area (Å²) in [5.41, 5.74) is 2.26. The molecule has 0 saturated carbocycles. The Balaban J connectivity index is 2.54. The second-order valence-electron chi connectivity index (χ2n) is 3.52. The van der Waals surface area contributed by atoms with E-state index >= 15 is 0 Å². The molecule has 0 aliphatic rings. The van der Waals surface area contributed by atoms with Gasteiger partial charge >= 0.3 is 0 Å². The number of hydrogen-bond acceptors (Lipinski definition) is 2. The van der Waals surface area contributed by atoms with Crippen molar-refractivity contribution in [2.45, 2.75) is 40.3 Å². The van der Waals surface area contributed by atoms with Crippen molar-refractivity contribution in [3.63, 3.8) is 0 Å². The number of rotatable bonds is 5. The zero-order valence-electron chi connectivity index (χ0n) is 10.1. The van der Waals surface area contributed by atoms with Crippen molar-refractivity contribution in [3.05, 3.63) is 15.9 Å². The fourth-order valence-electron chi connectivity index (χ4n) is 1.52. The third kappa shape index (κ3) is 3.36. The van der Waals surface area contributed by atoms with Gasteiger partial charge in [-0.15, -0.1) is 11.8 Å². The second kappa shape index (κ2) is 6.72. The van der Waals surface area contributed by atoms with Gasteiger partial charge in [0.15, 0.2) is 0 Å². The van der Waals surface area contributed by atoms with Crippen molar-refractivity contribution < 1.29 is 0 Å². The maximum absolute atomic E-state index is 4.45. The molecule has 0 unspecified atom stereocenters. The first-order valence-electron chi connectivity index (χ1n) is 5.52. The summed E-state index contributed by atoms with van der Waals surface area (Å²) in [6, 6.07) is 0. The Bertz CT molecular complexity index is 398. The summed E-state index contributed by atoms with van der Waals surface area (Å²) in [5.74, 6) is 5.92. The molecule has 3 nitrogen and oxygen atoms in total. The molecule has 1 rings (SSSR count). The van der Waals surface area contributed by atoms with E-state index in [1.807, 2.05) is 18.5 Å². The normalized spacial score (nSPS) is 10.0. The van der Waals surface area contributed by atoms with Gasteiger partial charge in [-0.3, -0.25) is 4.68 Å². The number of hydrogen-bond donors (Lipinski definition) is 1. The molecule has 0 aromatic carbocycles. The summed E-state index contributed by atoms with van der Waals surface area (Å²) >= 11 is 3.57. The zero-order valence-corrected chi connectivity index (χ0v) is 11.7. The molecule has 4 heteroatoms. The van der Waals surface area contributed by atoms with Crippen LogP contribution in [-0.4, -0.2) is 16.3 Å². The van der Waals surface area contributed by atoms with Crippen LogP contribution in [0.2, 0.25) is 0 Å². The molecule has 0 aliphatic heterocycles. The summed E-state index contributed by atoms with van der Waals surface area (Å²) in [6.07, 6.45) is 0.896. The lowest BCUT2D eigenvalue weighted by molar-refractivity contribution is 0.581. The third-order valence-electron chi connectivity index (χ3n) is 2.35. The highest BCUT2D eigenvalue weighted by molar-refractivity contribution is 9.10. The molecule has 0 spiro atoms. The van der Waals surface area contributed by atoms with Crippen LogP contribution in [0.15, 0.2) is 4.47 Å². The predicted octanol–water partition coefficient (Wildman–Crippen LogP) is 2.48. The molecule has 16 heavy (non-hydrogen) atoms.